The van der Waals surface area contributed by atoms with E-state index in [1.54, 1.807) is 23.1 Å². The van der Waals surface area contributed by atoms with E-state index in [4.69, 9.17) is 32.9 Å². The molecule has 9 nitrogen and oxygen atoms in total. The zero-order valence-corrected chi connectivity index (χ0v) is 30.8. The van der Waals surface area contributed by atoms with E-state index in [2.05, 4.69) is 22.0 Å². The molecule has 4 saturated heterocycles. The van der Waals surface area contributed by atoms with Crippen LogP contribution in [-0.2, 0) is 20.7 Å². The van der Waals surface area contributed by atoms with Gasteiger partial charge in [-0.3, -0.25) is 9.59 Å². The fourth-order valence-electron chi connectivity index (χ4n) is 9.41. The first-order valence-corrected chi connectivity index (χ1v) is 19.3. The molecular formula is C40H41Cl2FN6O3. The minimum absolute atomic E-state index is 0.0389. The molecule has 6 heterocycles. The van der Waals surface area contributed by atoms with Crippen LogP contribution in [0, 0.1) is 35.9 Å². The summed E-state index contributed by atoms with van der Waals surface area (Å²) in [6.45, 7) is 3.77. The first-order chi connectivity index (χ1) is 25.1. The molecule has 2 aromatic carbocycles. The number of nitrogens with zero attached hydrogens (tertiary/aromatic N) is 5. The van der Waals surface area contributed by atoms with Gasteiger partial charge < -0.3 is 24.4 Å². The number of likely N-dealkylation sites (N-methyl/N-ethyl adjacent to an activating group) is 1. The molecule has 2 saturated carbocycles. The second-order valence-electron chi connectivity index (χ2n) is 15.4. The minimum atomic E-state index is -0.487. The van der Waals surface area contributed by atoms with Crippen LogP contribution in [0.1, 0.15) is 74.0 Å². The summed E-state index contributed by atoms with van der Waals surface area (Å²) in [5.41, 5.74) is 4.35. The Morgan fingerprint density at radius 1 is 1.17 bits per heavy atom. The van der Waals surface area contributed by atoms with Crippen molar-refractivity contribution in [1.29, 1.82) is 5.26 Å². The quantitative estimate of drug-likeness (QED) is 0.193. The van der Waals surface area contributed by atoms with Gasteiger partial charge in [0.25, 0.3) is 0 Å². The summed E-state index contributed by atoms with van der Waals surface area (Å²) < 4.78 is 26.1. The molecule has 12 heteroatoms. The summed E-state index contributed by atoms with van der Waals surface area (Å²) in [5.74, 6) is 0.272. The lowest BCUT2D eigenvalue weighted by atomic mass is 9.79. The number of fused-ring (bicyclic) bond motifs is 4. The molecule has 4 aliphatic heterocycles. The third-order valence-electron chi connectivity index (χ3n) is 12.4. The Morgan fingerprint density at radius 3 is 2.69 bits per heavy atom. The number of nitriles is 1. The number of nitrogens with one attached hydrogen (secondary N) is 1. The summed E-state index contributed by atoms with van der Waals surface area (Å²) in [6, 6.07) is 11.8. The topological polar surface area (TPSA) is 103 Å². The number of hydrogen-bond acceptors (Lipinski definition) is 6. The van der Waals surface area contributed by atoms with Crippen molar-refractivity contribution in [1.82, 2.24) is 24.7 Å². The van der Waals surface area contributed by atoms with E-state index in [-0.39, 0.29) is 65.0 Å². The van der Waals surface area contributed by atoms with Crippen LogP contribution in [0.25, 0.3) is 32.9 Å². The molecule has 52 heavy (non-hydrogen) atoms. The molecule has 6 aliphatic rings. The Morgan fingerprint density at radius 2 is 2.00 bits per heavy atom. The summed E-state index contributed by atoms with van der Waals surface area (Å²) in [5, 5.41) is 15.5. The Bertz CT molecular complexity index is 2180. The Kier molecular flexibility index (Phi) is 8.50. The third kappa shape index (κ3) is 5.41. The summed E-state index contributed by atoms with van der Waals surface area (Å²) in [7, 11) is 1.84. The Labute approximate surface area is 312 Å². The van der Waals surface area contributed by atoms with Gasteiger partial charge in [0.05, 0.1) is 52.5 Å². The number of aryl methyl sites for hydroxylation is 2. The second kappa shape index (κ2) is 13.0. The largest absolute Gasteiger partial charge is 0.374 e. The maximum Gasteiger partial charge on any atom is 0.226 e. The van der Waals surface area contributed by atoms with Crippen molar-refractivity contribution in [3.05, 3.63) is 63.1 Å². The maximum absolute atomic E-state index is 17.2. The summed E-state index contributed by atoms with van der Waals surface area (Å²) in [6.07, 6.45) is 5.18. The average Bonchev–Trinajstić information content (AvgIpc) is 3.49. The van der Waals surface area contributed by atoms with Crippen LogP contribution in [0.3, 0.4) is 0 Å². The molecule has 6 fully saturated rings. The molecule has 10 rings (SSSR count). The first-order valence-electron chi connectivity index (χ1n) is 18.5. The van der Waals surface area contributed by atoms with Crippen LogP contribution in [0.5, 0.6) is 0 Å². The first kappa shape index (κ1) is 34.0. The molecule has 270 valence electrons. The van der Waals surface area contributed by atoms with Crippen LogP contribution in [0.4, 0.5) is 4.39 Å². The van der Waals surface area contributed by atoms with Gasteiger partial charge in [0.15, 0.2) is 5.82 Å². The number of aromatic nitrogens is 2. The van der Waals surface area contributed by atoms with E-state index >= 15 is 4.39 Å². The predicted molar refractivity (Wildman–Crippen MR) is 198 cm³/mol. The second-order valence-corrected chi connectivity index (χ2v) is 16.2. The molecule has 1 N–H and O–H groups in total. The molecule has 0 spiro atoms. The van der Waals surface area contributed by atoms with Gasteiger partial charge in [-0.2, -0.15) is 5.26 Å². The van der Waals surface area contributed by atoms with E-state index in [1.807, 2.05) is 24.9 Å². The van der Waals surface area contributed by atoms with Crippen LogP contribution in [-0.4, -0.2) is 76.1 Å². The van der Waals surface area contributed by atoms with Crippen LogP contribution in [0.2, 0.25) is 10.0 Å². The highest BCUT2D eigenvalue weighted by molar-refractivity contribution is 6.43. The average molecular weight is 744 g/mol. The molecule has 2 bridgehead atoms. The van der Waals surface area contributed by atoms with Crippen molar-refractivity contribution in [2.24, 2.45) is 11.8 Å². The molecular weight excluding hydrogens is 702 g/mol. The highest BCUT2D eigenvalue weighted by Crippen LogP contribution is 2.51. The number of likely N-dealkylation sites (tertiary alicyclic amines) is 2. The number of carbonyl (C=O) groups excluding carboxylic acids is 2. The predicted octanol–water partition coefficient (Wildman–Crippen LogP) is 7.29. The summed E-state index contributed by atoms with van der Waals surface area (Å²) >= 11 is 13.1. The van der Waals surface area contributed by atoms with Crippen molar-refractivity contribution in [2.75, 3.05) is 26.7 Å². The number of pyridine rings is 1. The van der Waals surface area contributed by atoms with Crippen molar-refractivity contribution >= 4 is 56.8 Å². The van der Waals surface area contributed by atoms with Crippen molar-refractivity contribution < 1.29 is 18.7 Å². The highest BCUT2D eigenvalue weighted by atomic mass is 35.5. The number of halogens is 3. The molecule has 2 aromatic heterocycles. The molecule has 2 aliphatic carbocycles. The SMILES string of the molecule is Cc1nc2c(F)c(-c3cccc(Cl)c3Cl)c(CCC#N)cc2c2c1cc(C1CC(OCC3CCC(=O)N3C)CN1C(=O)C1CC1)n2C1C2CNC1C2. The van der Waals surface area contributed by atoms with Gasteiger partial charge in [0.1, 0.15) is 5.52 Å². The maximum atomic E-state index is 17.2. The van der Waals surface area contributed by atoms with Gasteiger partial charge in [-0.05, 0) is 68.7 Å². The molecule has 6 unspecified atom stereocenters. The van der Waals surface area contributed by atoms with E-state index in [9.17, 15) is 14.9 Å². The van der Waals surface area contributed by atoms with Crippen LogP contribution in [0.15, 0.2) is 30.3 Å². The number of rotatable bonds is 9. The van der Waals surface area contributed by atoms with Gasteiger partial charge in [0.2, 0.25) is 11.8 Å². The lowest BCUT2D eigenvalue weighted by Gasteiger charge is -2.39. The standard InChI is InChI=1S/C40H41Cl2FN6O3/c1-20-27-16-32(31-15-25(18-48(31)40(51)21-8-9-21)52-19-24-10-11-33(50)47(24)2)49(38-23-14-30(38)45-17-23)39(27)28-13-22(5-4-12-44)34(36(43)37(28)46-20)26-6-3-7-29(41)35(26)42/h3,6-7,13,16,21,23-25,30-31,38,45H,4-5,8-11,14-15,17-19H2,1-2H3. The Balaban J connectivity index is 1.21. The van der Waals surface area contributed by atoms with Crippen LogP contribution >= 0.6 is 23.2 Å². The number of benzene rings is 2. The van der Waals surface area contributed by atoms with Gasteiger partial charge in [-0.1, -0.05) is 35.3 Å². The smallest absolute Gasteiger partial charge is 0.226 e. The van der Waals surface area contributed by atoms with E-state index in [1.165, 1.54) is 0 Å². The van der Waals surface area contributed by atoms with Gasteiger partial charge in [-0.25, -0.2) is 9.37 Å². The summed E-state index contributed by atoms with van der Waals surface area (Å²) in [4.78, 5) is 34.9. The van der Waals surface area contributed by atoms with E-state index in [0.717, 1.165) is 48.8 Å². The fraction of sp³-hybridized carbons (Fsp3) is 0.500. The lowest BCUT2D eigenvalue weighted by Crippen LogP contribution is -2.41. The minimum Gasteiger partial charge on any atom is -0.374 e. The molecule has 4 aromatic rings. The monoisotopic (exact) mass is 742 g/mol. The zero-order chi connectivity index (χ0) is 36.0. The highest BCUT2D eigenvalue weighted by Gasteiger charge is 2.51. The normalized spacial score (nSPS) is 26.9. The zero-order valence-electron chi connectivity index (χ0n) is 29.3. The van der Waals surface area contributed by atoms with Gasteiger partial charge in [-0.15, -0.1) is 0 Å². The molecule has 0 radical (unpaired) electrons. The molecule has 2 amide bonds. The van der Waals surface area contributed by atoms with Crippen molar-refractivity contribution in [3.63, 3.8) is 0 Å². The van der Waals surface area contributed by atoms with Crippen LogP contribution < -0.4 is 5.32 Å². The molecule has 6 atom stereocenters. The number of amides is 2. The number of hydrogen-bond donors (Lipinski definition) is 1. The number of carbonyl (C=O) groups is 2. The van der Waals surface area contributed by atoms with E-state index < -0.39 is 5.82 Å². The van der Waals surface area contributed by atoms with E-state index in [0.29, 0.717) is 71.1 Å². The fourth-order valence-corrected chi connectivity index (χ4v) is 9.81. The van der Waals surface area contributed by atoms with Crippen molar-refractivity contribution in [2.45, 2.75) is 88.6 Å². The van der Waals surface area contributed by atoms with Gasteiger partial charge >= 0.3 is 0 Å². The van der Waals surface area contributed by atoms with Crippen molar-refractivity contribution in [3.8, 4) is 17.2 Å². The third-order valence-corrected chi connectivity index (χ3v) is 13.2. The number of ether oxygens (including phenoxy) is 1. The van der Waals surface area contributed by atoms with Gasteiger partial charge in [0, 0.05) is 84.6 Å². The Hall–Kier alpha value is -3.75. The lowest BCUT2D eigenvalue weighted by molar-refractivity contribution is -0.134.